The Labute approximate surface area is 269 Å². The van der Waals surface area contributed by atoms with Crippen LogP contribution >= 0.6 is 11.8 Å². The van der Waals surface area contributed by atoms with Crippen molar-refractivity contribution in [2.24, 2.45) is 23.2 Å². The molecule has 0 aliphatic heterocycles. The van der Waals surface area contributed by atoms with E-state index in [0.717, 1.165) is 41.1 Å². The van der Waals surface area contributed by atoms with Crippen LogP contribution in [0.4, 0.5) is 0 Å². The molecule has 7 unspecified atom stereocenters. The Morgan fingerprint density at radius 2 is 1.52 bits per heavy atom. The quantitative estimate of drug-likeness (QED) is 0.129. The van der Waals surface area contributed by atoms with Crippen molar-refractivity contribution in [1.82, 2.24) is 0 Å². The van der Waals surface area contributed by atoms with Gasteiger partial charge in [-0.2, -0.15) is 11.8 Å². The average molecular weight is 609 g/mol. The molecule has 250 valence electrons. The van der Waals surface area contributed by atoms with Crippen LogP contribution in [-0.4, -0.2) is 34.4 Å². The molecule has 2 fully saturated rings. The van der Waals surface area contributed by atoms with Crippen LogP contribution in [0.25, 0.3) is 0 Å². The van der Waals surface area contributed by atoms with Crippen LogP contribution in [0.1, 0.15) is 191 Å². The van der Waals surface area contributed by atoms with E-state index in [1.807, 2.05) is 0 Å². The van der Waals surface area contributed by atoms with Crippen molar-refractivity contribution in [2.75, 3.05) is 0 Å². The predicted octanol–water partition coefficient (Wildman–Crippen LogP) is 12.8. The molecule has 2 rings (SSSR count). The van der Waals surface area contributed by atoms with Gasteiger partial charge in [0.1, 0.15) is 0 Å². The van der Waals surface area contributed by atoms with Gasteiger partial charge in [-0.15, -0.1) is 0 Å². The van der Waals surface area contributed by atoms with Crippen molar-refractivity contribution in [3.05, 3.63) is 0 Å². The highest BCUT2D eigenvalue weighted by molar-refractivity contribution is 8.00. The molecule has 42 heavy (non-hydrogen) atoms. The van der Waals surface area contributed by atoms with Gasteiger partial charge in [0.05, 0.1) is 23.9 Å². The Bertz CT molecular complexity index is 684. The summed E-state index contributed by atoms with van der Waals surface area (Å²) in [5.41, 5.74) is 0.624. The molecule has 0 heterocycles. The summed E-state index contributed by atoms with van der Waals surface area (Å²) in [6.07, 6.45) is 26.1. The molecule has 0 saturated heterocycles. The van der Waals surface area contributed by atoms with Gasteiger partial charge >= 0.3 is 0 Å². The first-order valence-electron chi connectivity index (χ1n) is 19.0. The minimum Gasteiger partial charge on any atom is -0.375 e. The van der Waals surface area contributed by atoms with Crippen LogP contribution in [0.2, 0.25) is 0 Å². The summed E-state index contributed by atoms with van der Waals surface area (Å²) in [6.45, 7) is 24.0. The van der Waals surface area contributed by atoms with Gasteiger partial charge in [-0.05, 0) is 127 Å². The van der Waals surface area contributed by atoms with Crippen LogP contribution in [0.5, 0.6) is 0 Å². The summed E-state index contributed by atoms with van der Waals surface area (Å²) in [7, 11) is 0. The van der Waals surface area contributed by atoms with Crippen LogP contribution < -0.4 is 0 Å². The molecule has 2 saturated carbocycles. The SMILES string of the molecule is CCCC(CCC)C1(C)CCC(C)C(CCC(C)OC2CCC(SC(C)CCC(CC)OC(C)(CC)CCC)CC2)C1. The Morgan fingerprint density at radius 3 is 2.10 bits per heavy atom. The third kappa shape index (κ3) is 12.9. The monoisotopic (exact) mass is 609 g/mol. The lowest BCUT2D eigenvalue weighted by Crippen LogP contribution is -2.37. The topological polar surface area (TPSA) is 18.5 Å². The number of hydrogen-bond acceptors (Lipinski definition) is 3. The van der Waals surface area contributed by atoms with E-state index in [-0.39, 0.29) is 5.60 Å². The number of ether oxygens (including phenoxy) is 2. The summed E-state index contributed by atoms with van der Waals surface area (Å²) in [5.74, 6) is 2.70. The molecule has 0 spiro atoms. The molecular weight excluding hydrogens is 532 g/mol. The Morgan fingerprint density at radius 1 is 0.857 bits per heavy atom. The first-order valence-corrected chi connectivity index (χ1v) is 19.9. The lowest BCUT2D eigenvalue weighted by Gasteiger charge is -2.47. The van der Waals surface area contributed by atoms with E-state index in [9.17, 15) is 0 Å². The fourth-order valence-corrected chi connectivity index (χ4v) is 10.0. The maximum Gasteiger partial charge on any atom is 0.0655 e. The molecule has 0 N–H and O–H groups in total. The Kier molecular flexibility index (Phi) is 18.0. The highest BCUT2D eigenvalue weighted by Gasteiger charge is 2.40. The third-order valence-corrected chi connectivity index (χ3v) is 13.3. The van der Waals surface area contributed by atoms with E-state index < -0.39 is 0 Å². The average Bonchev–Trinajstić information content (AvgIpc) is 2.97. The second-order valence-corrected chi connectivity index (χ2v) is 17.3. The van der Waals surface area contributed by atoms with Gasteiger partial charge in [0, 0.05) is 10.5 Å². The van der Waals surface area contributed by atoms with Gasteiger partial charge in [0.2, 0.25) is 0 Å². The van der Waals surface area contributed by atoms with Gasteiger partial charge < -0.3 is 9.47 Å². The molecule has 0 radical (unpaired) electrons. The highest BCUT2D eigenvalue weighted by Crippen LogP contribution is 2.51. The second kappa shape index (κ2) is 19.7. The summed E-state index contributed by atoms with van der Waals surface area (Å²) in [5, 5.41) is 1.54. The van der Waals surface area contributed by atoms with Crippen LogP contribution in [0.15, 0.2) is 0 Å². The van der Waals surface area contributed by atoms with Crippen LogP contribution in [0, 0.1) is 23.2 Å². The zero-order valence-corrected chi connectivity index (χ0v) is 31.1. The summed E-state index contributed by atoms with van der Waals surface area (Å²) in [4.78, 5) is 0. The number of thioether (sulfide) groups is 1. The molecule has 0 aromatic carbocycles. The van der Waals surface area contributed by atoms with Gasteiger partial charge in [-0.3, -0.25) is 0 Å². The van der Waals surface area contributed by atoms with E-state index in [1.54, 1.807) is 0 Å². The summed E-state index contributed by atoms with van der Waals surface area (Å²) >= 11 is 2.25. The van der Waals surface area contributed by atoms with E-state index in [0.29, 0.717) is 23.7 Å². The Hall–Kier alpha value is 0.270. The van der Waals surface area contributed by atoms with Crippen LogP contribution in [0.3, 0.4) is 0 Å². The third-order valence-electron chi connectivity index (χ3n) is 11.7. The molecule has 2 aliphatic rings. The lowest BCUT2D eigenvalue weighted by molar-refractivity contribution is -0.0943. The smallest absolute Gasteiger partial charge is 0.0655 e. The van der Waals surface area contributed by atoms with Crippen molar-refractivity contribution < 1.29 is 9.47 Å². The second-order valence-electron chi connectivity index (χ2n) is 15.6. The summed E-state index contributed by atoms with van der Waals surface area (Å²) in [6, 6.07) is 0. The molecule has 0 aromatic rings. The van der Waals surface area contributed by atoms with Gasteiger partial charge in [-0.1, -0.05) is 87.5 Å². The van der Waals surface area contributed by atoms with Gasteiger partial charge in [0.25, 0.3) is 0 Å². The minimum absolute atomic E-state index is 0.0584. The highest BCUT2D eigenvalue weighted by atomic mass is 32.2. The Balaban J connectivity index is 1.70. The maximum absolute atomic E-state index is 6.69. The van der Waals surface area contributed by atoms with Crippen molar-refractivity contribution in [1.29, 1.82) is 0 Å². The van der Waals surface area contributed by atoms with Gasteiger partial charge in [0.15, 0.2) is 0 Å². The first kappa shape index (κ1) is 38.5. The van der Waals surface area contributed by atoms with E-state index >= 15 is 0 Å². The predicted molar refractivity (Wildman–Crippen MR) is 189 cm³/mol. The van der Waals surface area contributed by atoms with E-state index in [1.165, 1.54) is 109 Å². The van der Waals surface area contributed by atoms with Crippen molar-refractivity contribution in [3.63, 3.8) is 0 Å². The van der Waals surface area contributed by atoms with Crippen molar-refractivity contribution in [3.8, 4) is 0 Å². The number of rotatable bonds is 21. The zero-order valence-electron chi connectivity index (χ0n) is 30.3. The number of hydrogen-bond donors (Lipinski definition) is 0. The minimum atomic E-state index is 0.0584. The molecule has 2 nitrogen and oxygen atoms in total. The molecule has 0 bridgehead atoms. The fourth-order valence-electron chi connectivity index (χ4n) is 8.55. The molecule has 7 atom stereocenters. The molecule has 2 aliphatic carbocycles. The fraction of sp³-hybridized carbons (Fsp3) is 1.00. The molecule has 3 heteroatoms. The van der Waals surface area contributed by atoms with Crippen LogP contribution in [-0.2, 0) is 9.47 Å². The van der Waals surface area contributed by atoms with Gasteiger partial charge in [-0.25, -0.2) is 0 Å². The van der Waals surface area contributed by atoms with Crippen molar-refractivity contribution in [2.45, 2.75) is 226 Å². The van der Waals surface area contributed by atoms with E-state index in [2.05, 4.69) is 81.0 Å². The van der Waals surface area contributed by atoms with E-state index in [4.69, 9.17) is 9.47 Å². The molecular formula is C39H76O2S. The summed E-state index contributed by atoms with van der Waals surface area (Å²) < 4.78 is 13.3. The molecule has 0 amide bonds. The van der Waals surface area contributed by atoms with Crippen molar-refractivity contribution >= 4 is 11.8 Å². The standard InChI is InChI=1S/C39H76O2S/c1-11-16-34(17-12-2)38(9)28-26-30(6)33(29-38)20-18-31(7)40-36-22-24-37(25-23-36)42-32(8)19-21-35(14-4)41-39(10,15-5)27-13-3/h30-37H,11-29H2,1-10H3. The zero-order chi connectivity index (χ0) is 31.2. The lowest BCUT2D eigenvalue weighted by atomic mass is 9.59. The first-order chi connectivity index (χ1) is 20.0. The maximum atomic E-state index is 6.69. The normalized spacial score (nSPS) is 30.6. The molecule has 0 aromatic heterocycles. The largest absolute Gasteiger partial charge is 0.375 e.